The molecule has 0 spiro atoms. The van der Waals surface area contributed by atoms with Gasteiger partial charge in [-0.25, -0.2) is 0 Å². The number of rotatable bonds is 4. The van der Waals surface area contributed by atoms with Gasteiger partial charge in [0.25, 0.3) is 0 Å². The largest absolute Gasteiger partial charge is 0.404 e. The predicted octanol–water partition coefficient (Wildman–Crippen LogP) is 5.35. The first-order chi connectivity index (χ1) is 9.32. The van der Waals surface area contributed by atoms with Crippen molar-refractivity contribution in [2.75, 3.05) is 0 Å². The average Bonchev–Trinajstić information content (AvgIpc) is 2.60. The maximum atomic E-state index is 6.50. The van der Waals surface area contributed by atoms with Crippen LogP contribution in [0.15, 0.2) is 48.1 Å². The van der Waals surface area contributed by atoms with Crippen LogP contribution in [0.1, 0.15) is 39.2 Å². The van der Waals surface area contributed by atoms with Crippen molar-refractivity contribution < 1.29 is 4.43 Å². The Morgan fingerprint density at radius 1 is 1.20 bits per heavy atom. The molecule has 20 heavy (non-hydrogen) atoms. The van der Waals surface area contributed by atoms with Crippen molar-refractivity contribution in [3.63, 3.8) is 0 Å². The summed E-state index contributed by atoms with van der Waals surface area (Å²) >= 11 is 0. The second-order valence-electron chi connectivity index (χ2n) is 6.67. The third-order valence-corrected chi connectivity index (χ3v) is 6.57. The summed E-state index contributed by atoms with van der Waals surface area (Å²) in [5.74, 6) is 0. The Hall–Kier alpha value is -1.12. The molecule has 0 radical (unpaired) electrons. The Balaban J connectivity index is 2.23. The Morgan fingerprint density at radius 3 is 2.45 bits per heavy atom. The zero-order chi connectivity index (χ0) is 14.8. The van der Waals surface area contributed by atoms with E-state index in [2.05, 4.69) is 76.3 Å². The van der Waals surface area contributed by atoms with Crippen molar-refractivity contribution in [2.45, 2.75) is 52.3 Å². The van der Waals surface area contributed by atoms with Crippen molar-refractivity contribution in [1.82, 2.24) is 0 Å². The fraction of sp³-hybridized carbons (Fsp3) is 0.444. The van der Waals surface area contributed by atoms with Crippen LogP contribution in [-0.2, 0) is 4.43 Å². The molecule has 1 aromatic carbocycles. The normalized spacial score (nSPS) is 24.4. The lowest BCUT2D eigenvalue weighted by Gasteiger charge is -2.28. The minimum atomic E-state index is -1.78. The van der Waals surface area contributed by atoms with Crippen LogP contribution in [-0.4, -0.2) is 13.9 Å². The van der Waals surface area contributed by atoms with Gasteiger partial charge in [-0.1, -0.05) is 48.1 Å². The molecule has 2 rings (SSSR count). The highest BCUT2D eigenvalue weighted by atomic mass is 28.4. The molecule has 0 N–H and O–H groups in total. The van der Waals surface area contributed by atoms with Gasteiger partial charge in [0, 0.05) is 0 Å². The molecule has 0 aliphatic carbocycles. The standard InChI is InChI=1S/C18H26OSi/c1-15(2)10-9-13-18(3)14-17(20(4,5)19-18)16-11-7-6-8-12-16/h6-8,10-12,14H,9,13H2,1-5H3. The van der Waals surface area contributed by atoms with Crippen LogP contribution in [0.4, 0.5) is 0 Å². The van der Waals surface area contributed by atoms with Crippen LogP contribution in [0, 0.1) is 0 Å². The van der Waals surface area contributed by atoms with Gasteiger partial charge in [0.1, 0.15) is 0 Å². The topological polar surface area (TPSA) is 9.23 Å². The lowest BCUT2D eigenvalue weighted by molar-refractivity contribution is 0.136. The summed E-state index contributed by atoms with van der Waals surface area (Å²) in [7, 11) is -1.78. The molecular formula is C18H26OSi. The van der Waals surface area contributed by atoms with E-state index in [4.69, 9.17) is 4.43 Å². The van der Waals surface area contributed by atoms with E-state index >= 15 is 0 Å². The van der Waals surface area contributed by atoms with E-state index in [1.807, 2.05) is 0 Å². The molecule has 1 aliphatic rings. The fourth-order valence-corrected chi connectivity index (χ4v) is 5.92. The van der Waals surface area contributed by atoms with Gasteiger partial charge in [-0.05, 0) is 57.5 Å². The van der Waals surface area contributed by atoms with Gasteiger partial charge < -0.3 is 4.43 Å². The van der Waals surface area contributed by atoms with Crippen molar-refractivity contribution in [2.24, 2.45) is 0 Å². The molecule has 1 heterocycles. The highest BCUT2D eigenvalue weighted by Gasteiger charge is 2.43. The minimum Gasteiger partial charge on any atom is -0.404 e. The van der Waals surface area contributed by atoms with Crippen LogP contribution in [0.5, 0.6) is 0 Å². The molecule has 0 amide bonds. The molecule has 0 saturated carbocycles. The smallest absolute Gasteiger partial charge is 0.219 e. The van der Waals surface area contributed by atoms with Gasteiger partial charge in [-0.15, -0.1) is 0 Å². The summed E-state index contributed by atoms with van der Waals surface area (Å²) in [4.78, 5) is 0. The third-order valence-electron chi connectivity index (χ3n) is 3.86. The van der Waals surface area contributed by atoms with E-state index in [0.29, 0.717) is 0 Å². The van der Waals surface area contributed by atoms with Gasteiger partial charge in [0.05, 0.1) is 5.60 Å². The summed E-state index contributed by atoms with van der Waals surface area (Å²) in [5.41, 5.74) is 2.61. The molecule has 0 aromatic heterocycles. The van der Waals surface area contributed by atoms with Crippen LogP contribution in [0.25, 0.3) is 5.20 Å². The third kappa shape index (κ3) is 3.50. The van der Waals surface area contributed by atoms with E-state index < -0.39 is 8.32 Å². The van der Waals surface area contributed by atoms with Crippen molar-refractivity contribution >= 4 is 13.5 Å². The summed E-state index contributed by atoms with van der Waals surface area (Å²) in [6.45, 7) is 11.1. The summed E-state index contributed by atoms with van der Waals surface area (Å²) in [6, 6.07) is 10.7. The Bertz CT molecular complexity index is 524. The molecule has 1 nitrogen and oxygen atoms in total. The maximum absolute atomic E-state index is 6.50. The van der Waals surface area contributed by atoms with Gasteiger partial charge >= 0.3 is 0 Å². The average molecular weight is 286 g/mol. The number of allylic oxidation sites excluding steroid dienone is 2. The van der Waals surface area contributed by atoms with E-state index in [1.165, 1.54) is 16.3 Å². The Labute approximate surface area is 124 Å². The summed E-state index contributed by atoms with van der Waals surface area (Å²) in [6.07, 6.45) is 6.83. The minimum absolute atomic E-state index is 0.104. The Morgan fingerprint density at radius 2 is 1.85 bits per heavy atom. The lowest BCUT2D eigenvalue weighted by Crippen LogP contribution is -2.35. The summed E-state index contributed by atoms with van der Waals surface area (Å²) in [5, 5.41) is 1.44. The molecule has 0 saturated heterocycles. The van der Waals surface area contributed by atoms with Gasteiger partial charge in [0.15, 0.2) is 0 Å². The quantitative estimate of drug-likeness (QED) is 0.535. The molecule has 2 heteroatoms. The van der Waals surface area contributed by atoms with Gasteiger partial charge in [-0.3, -0.25) is 0 Å². The van der Waals surface area contributed by atoms with Crippen LogP contribution in [0.3, 0.4) is 0 Å². The number of hydrogen-bond donors (Lipinski definition) is 0. The SMILES string of the molecule is CC(C)=CCCC1(C)C=C(c2ccccc2)[Si](C)(C)O1. The highest BCUT2D eigenvalue weighted by molar-refractivity contribution is 6.90. The molecule has 0 fully saturated rings. The van der Waals surface area contributed by atoms with Crippen LogP contribution >= 0.6 is 0 Å². The van der Waals surface area contributed by atoms with E-state index in [9.17, 15) is 0 Å². The lowest BCUT2D eigenvalue weighted by atomic mass is 9.98. The van der Waals surface area contributed by atoms with Crippen molar-refractivity contribution in [1.29, 1.82) is 0 Å². The second-order valence-corrected chi connectivity index (χ2v) is 10.4. The Kier molecular flexibility index (Phi) is 4.36. The zero-order valence-corrected chi connectivity index (χ0v) is 14.4. The zero-order valence-electron chi connectivity index (χ0n) is 13.4. The fourth-order valence-electron chi connectivity index (χ4n) is 2.97. The van der Waals surface area contributed by atoms with Crippen molar-refractivity contribution in [3.05, 3.63) is 53.6 Å². The molecule has 1 aliphatic heterocycles. The van der Waals surface area contributed by atoms with Crippen LogP contribution in [0.2, 0.25) is 13.1 Å². The van der Waals surface area contributed by atoms with Crippen molar-refractivity contribution in [3.8, 4) is 0 Å². The van der Waals surface area contributed by atoms with E-state index in [0.717, 1.165) is 12.8 Å². The predicted molar refractivity (Wildman–Crippen MR) is 90.1 cm³/mol. The highest BCUT2D eigenvalue weighted by Crippen LogP contribution is 2.41. The first-order valence-electron chi connectivity index (χ1n) is 7.45. The summed E-state index contributed by atoms with van der Waals surface area (Å²) < 4.78 is 6.50. The second kappa shape index (κ2) is 5.70. The first-order valence-corrected chi connectivity index (χ1v) is 10.4. The van der Waals surface area contributed by atoms with E-state index in [-0.39, 0.29) is 5.60 Å². The van der Waals surface area contributed by atoms with Gasteiger partial charge in [0.2, 0.25) is 8.32 Å². The number of benzene rings is 1. The molecule has 1 unspecified atom stereocenters. The molecular weight excluding hydrogens is 260 g/mol. The van der Waals surface area contributed by atoms with Gasteiger partial charge in [-0.2, -0.15) is 0 Å². The molecule has 108 valence electrons. The molecule has 1 atom stereocenters. The monoisotopic (exact) mass is 286 g/mol. The maximum Gasteiger partial charge on any atom is 0.219 e. The number of hydrogen-bond acceptors (Lipinski definition) is 1. The van der Waals surface area contributed by atoms with Crippen LogP contribution < -0.4 is 0 Å². The van der Waals surface area contributed by atoms with E-state index in [1.54, 1.807) is 0 Å². The first kappa shape index (κ1) is 15.3. The molecule has 1 aromatic rings. The molecule has 0 bridgehead atoms.